The summed E-state index contributed by atoms with van der Waals surface area (Å²) in [5.74, 6) is -0.765. The Morgan fingerprint density at radius 1 is 1.43 bits per heavy atom. The van der Waals surface area contributed by atoms with Crippen molar-refractivity contribution >= 4 is 54.9 Å². The molecule has 3 nitrogen and oxygen atoms in total. The third kappa shape index (κ3) is 4.28. The number of nitrogens with one attached hydrogen (secondary N) is 1. The van der Waals surface area contributed by atoms with Crippen molar-refractivity contribution in [3.8, 4) is 0 Å². The summed E-state index contributed by atoms with van der Waals surface area (Å²) in [6.07, 6.45) is 0. The third-order valence-electron chi connectivity index (χ3n) is 2.61. The van der Waals surface area contributed by atoms with Crippen LogP contribution in [0.15, 0.2) is 38.6 Å². The molecule has 0 aliphatic carbocycles. The fourth-order valence-electron chi connectivity index (χ4n) is 1.72. The van der Waals surface area contributed by atoms with E-state index in [1.54, 1.807) is 19.1 Å². The Morgan fingerprint density at radius 3 is 2.76 bits per heavy atom. The van der Waals surface area contributed by atoms with Gasteiger partial charge in [-0.3, -0.25) is 0 Å². The van der Waals surface area contributed by atoms with E-state index in [1.807, 2.05) is 6.07 Å². The number of hydrogen-bond donors (Lipinski definition) is 1. The van der Waals surface area contributed by atoms with Gasteiger partial charge in [-0.2, -0.15) is 0 Å². The highest BCUT2D eigenvalue weighted by Gasteiger charge is 2.25. The molecule has 0 aliphatic heterocycles. The summed E-state index contributed by atoms with van der Waals surface area (Å²) in [5.41, 5.74) is 0.522. The highest BCUT2D eigenvalue weighted by molar-refractivity contribution is 9.13. The highest BCUT2D eigenvalue weighted by Crippen LogP contribution is 2.37. The summed E-state index contributed by atoms with van der Waals surface area (Å²) in [6.45, 7) is 2.03. The summed E-state index contributed by atoms with van der Waals surface area (Å²) in [4.78, 5) is 12.9. The van der Waals surface area contributed by atoms with Gasteiger partial charge >= 0.3 is 5.97 Å². The van der Waals surface area contributed by atoms with Crippen molar-refractivity contribution in [2.24, 2.45) is 0 Å². The quantitative estimate of drug-likeness (QED) is 0.660. The molecule has 0 bridgehead atoms. The third-order valence-corrected chi connectivity index (χ3v) is 5.93. The number of carbonyl (C=O) groups is 1. The fraction of sp³-hybridized carbons (Fsp3) is 0.214. The van der Waals surface area contributed by atoms with Gasteiger partial charge in [0, 0.05) is 15.0 Å². The zero-order valence-electron chi connectivity index (χ0n) is 11.0. The Balaban J connectivity index is 2.30. The normalized spacial score (nSPS) is 12.0. The average molecular weight is 437 g/mol. The number of thiophene rings is 1. The van der Waals surface area contributed by atoms with Gasteiger partial charge in [-0.1, -0.05) is 6.07 Å². The molecule has 21 heavy (non-hydrogen) atoms. The van der Waals surface area contributed by atoms with Crippen LogP contribution in [0.25, 0.3) is 0 Å². The summed E-state index contributed by atoms with van der Waals surface area (Å²) in [5, 5.41) is 3.02. The smallest absolute Gasteiger partial charge is 0.334 e. The van der Waals surface area contributed by atoms with Crippen molar-refractivity contribution in [2.75, 3.05) is 11.9 Å². The molecule has 1 atom stereocenters. The van der Waals surface area contributed by atoms with Crippen LogP contribution in [-0.2, 0) is 9.53 Å². The van der Waals surface area contributed by atoms with Crippen molar-refractivity contribution in [2.45, 2.75) is 13.0 Å². The molecule has 0 saturated carbocycles. The van der Waals surface area contributed by atoms with Crippen LogP contribution in [0.2, 0.25) is 0 Å². The Bertz CT molecular complexity index is 628. The van der Waals surface area contributed by atoms with Gasteiger partial charge in [0.05, 0.1) is 10.4 Å². The minimum atomic E-state index is -0.681. The lowest BCUT2D eigenvalue weighted by atomic mass is 10.2. The maximum absolute atomic E-state index is 13.3. The predicted octanol–water partition coefficient (Wildman–Crippen LogP) is 5.13. The van der Waals surface area contributed by atoms with Crippen molar-refractivity contribution < 1.29 is 13.9 Å². The van der Waals surface area contributed by atoms with E-state index in [-0.39, 0.29) is 12.4 Å². The van der Waals surface area contributed by atoms with Gasteiger partial charge in [-0.25, -0.2) is 9.18 Å². The van der Waals surface area contributed by atoms with Crippen LogP contribution in [0.1, 0.15) is 17.8 Å². The Hall–Kier alpha value is -0.920. The first-order valence-corrected chi connectivity index (χ1v) is 8.55. The number of esters is 1. The monoisotopic (exact) mass is 435 g/mol. The highest BCUT2D eigenvalue weighted by atomic mass is 79.9. The lowest BCUT2D eigenvalue weighted by molar-refractivity contribution is -0.144. The van der Waals surface area contributed by atoms with Crippen molar-refractivity contribution in [1.29, 1.82) is 0 Å². The van der Waals surface area contributed by atoms with Gasteiger partial charge in [0.1, 0.15) is 5.82 Å². The Kier molecular flexibility index (Phi) is 5.78. The van der Waals surface area contributed by atoms with E-state index in [0.717, 1.165) is 13.1 Å². The molecule has 1 aromatic carbocycles. The number of halogens is 3. The maximum atomic E-state index is 13.3. The molecule has 0 fully saturated rings. The van der Waals surface area contributed by atoms with Crippen LogP contribution in [0.5, 0.6) is 0 Å². The number of ether oxygens (including phenoxy) is 1. The van der Waals surface area contributed by atoms with E-state index in [2.05, 4.69) is 37.2 Å². The van der Waals surface area contributed by atoms with E-state index in [9.17, 15) is 9.18 Å². The zero-order chi connectivity index (χ0) is 15.4. The van der Waals surface area contributed by atoms with Crippen LogP contribution in [0.3, 0.4) is 0 Å². The summed E-state index contributed by atoms with van der Waals surface area (Å²) in [7, 11) is 0. The van der Waals surface area contributed by atoms with E-state index in [0.29, 0.717) is 5.69 Å². The van der Waals surface area contributed by atoms with Gasteiger partial charge in [0.15, 0.2) is 6.04 Å². The summed E-state index contributed by atoms with van der Waals surface area (Å²) >= 11 is 8.21. The minimum Gasteiger partial charge on any atom is -0.464 e. The van der Waals surface area contributed by atoms with Gasteiger partial charge in [0.2, 0.25) is 0 Å². The lowest BCUT2D eigenvalue weighted by Gasteiger charge is -2.17. The molecular weight excluding hydrogens is 425 g/mol. The van der Waals surface area contributed by atoms with Gasteiger partial charge in [-0.05, 0) is 63.0 Å². The van der Waals surface area contributed by atoms with Crippen LogP contribution in [0, 0.1) is 5.82 Å². The van der Waals surface area contributed by atoms with Crippen LogP contribution < -0.4 is 5.32 Å². The number of carbonyl (C=O) groups excluding carboxylic acids is 1. The van der Waals surface area contributed by atoms with Crippen LogP contribution in [-0.4, -0.2) is 12.6 Å². The Morgan fingerprint density at radius 2 is 2.19 bits per heavy atom. The molecule has 1 unspecified atom stereocenters. The molecule has 0 saturated heterocycles. The number of hydrogen-bond acceptors (Lipinski definition) is 4. The van der Waals surface area contributed by atoms with E-state index >= 15 is 0 Å². The first kappa shape index (κ1) is 16.5. The predicted molar refractivity (Wildman–Crippen MR) is 89.1 cm³/mol. The van der Waals surface area contributed by atoms with Gasteiger partial charge in [-0.15, -0.1) is 11.3 Å². The maximum Gasteiger partial charge on any atom is 0.334 e. The van der Waals surface area contributed by atoms with E-state index in [1.165, 1.54) is 23.5 Å². The molecule has 0 aliphatic rings. The molecule has 7 heteroatoms. The Labute approximate surface area is 142 Å². The largest absolute Gasteiger partial charge is 0.464 e. The molecule has 0 radical (unpaired) electrons. The first-order valence-electron chi connectivity index (χ1n) is 6.14. The second-order valence-electron chi connectivity index (χ2n) is 4.11. The number of rotatable bonds is 5. The molecular formula is C14H12Br2FNO2S. The summed E-state index contributed by atoms with van der Waals surface area (Å²) in [6, 6.07) is 7.13. The lowest BCUT2D eigenvalue weighted by Crippen LogP contribution is -2.22. The molecule has 0 spiro atoms. The van der Waals surface area contributed by atoms with Crippen molar-refractivity contribution in [1.82, 2.24) is 0 Å². The molecule has 112 valence electrons. The average Bonchev–Trinajstić information content (AvgIpc) is 2.76. The molecule has 1 heterocycles. The number of benzene rings is 1. The molecule has 2 rings (SSSR count). The topological polar surface area (TPSA) is 38.3 Å². The fourth-order valence-corrected chi connectivity index (χ4v) is 3.85. The second kappa shape index (κ2) is 7.38. The molecule has 0 amide bonds. The van der Waals surface area contributed by atoms with Crippen molar-refractivity contribution in [3.05, 3.63) is 49.3 Å². The number of anilines is 1. The second-order valence-corrected chi connectivity index (χ2v) is 7.37. The summed E-state index contributed by atoms with van der Waals surface area (Å²) < 4.78 is 20.1. The van der Waals surface area contributed by atoms with E-state index in [4.69, 9.17) is 4.74 Å². The van der Waals surface area contributed by atoms with Gasteiger partial charge in [0.25, 0.3) is 0 Å². The minimum absolute atomic E-state index is 0.286. The standard InChI is InChI=1S/C14H12Br2FNO2S/c1-2-20-14(19)12(11-7-10(15)13(16)21-11)18-9-5-3-4-8(17)6-9/h3-7,12,18H,2H2,1H3. The van der Waals surface area contributed by atoms with Crippen LogP contribution in [0.4, 0.5) is 10.1 Å². The van der Waals surface area contributed by atoms with Crippen molar-refractivity contribution in [3.63, 3.8) is 0 Å². The van der Waals surface area contributed by atoms with Gasteiger partial charge < -0.3 is 10.1 Å². The first-order chi connectivity index (χ1) is 10.0. The van der Waals surface area contributed by atoms with Crippen LogP contribution >= 0.6 is 43.2 Å². The molecule has 1 aromatic heterocycles. The molecule has 1 N–H and O–H groups in total. The SMILES string of the molecule is CCOC(=O)C(Nc1cccc(F)c1)c1cc(Br)c(Br)s1. The zero-order valence-corrected chi connectivity index (χ0v) is 15.0. The van der Waals surface area contributed by atoms with E-state index < -0.39 is 12.0 Å². The molecule has 2 aromatic rings.